The molecule has 1 aromatic rings. The van der Waals surface area contributed by atoms with Gasteiger partial charge in [-0.2, -0.15) is 0 Å². The van der Waals surface area contributed by atoms with Crippen LogP contribution in [-0.2, 0) is 0 Å². The van der Waals surface area contributed by atoms with Gasteiger partial charge in [0, 0.05) is 0 Å². The van der Waals surface area contributed by atoms with Crippen LogP contribution in [0.5, 0.6) is 0 Å². The Morgan fingerprint density at radius 3 is 2.75 bits per heavy atom. The molecule has 1 fully saturated rings. The molecule has 1 aromatic heterocycles. The molecule has 1 heterocycles. The smallest absolute Gasteiger partial charge is 0.151 e. The topological polar surface area (TPSA) is 46.2 Å². The molecule has 16 heavy (non-hydrogen) atoms. The molecule has 2 rings (SSSR count). The standard InChI is InChI=1S/C13H19NOS/c14-11(9-10-5-2-1-3-6-10)13(15)12-7-4-8-16-12/h4,7-8,10,15H,1-3,5-6,9,14H2. The van der Waals surface area contributed by atoms with Gasteiger partial charge in [0.1, 0.15) is 0 Å². The summed E-state index contributed by atoms with van der Waals surface area (Å²) in [6.45, 7) is 0. The van der Waals surface area contributed by atoms with Gasteiger partial charge in [0.15, 0.2) is 5.76 Å². The molecule has 0 aromatic carbocycles. The Hall–Kier alpha value is -0.960. The van der Waals surface area contributed by atoms with Gasteiger partial charge in [0.25, 0.3) is 0 Å². The van der Waals surface area contributed by atoms with Gasteiger partial charge in [-0.15, -0.1) is 11.3 Å². The largest absolute Gasteiger partial charge is 0.505 e. The predicted octanol–water partition coefficient (Wildman–Crippen LogP) is 3.90. The van der Waals surface area contributed by atoms with Crippen LogP contribution in [0.25, 0.3) is 5.76 Å². The summed E-state index contributed by atoms with van der Waals surface area (Å²) in [4.78, 5) is 0.883. The Bertz CT molecular complexity index is 350. The first-order chi connectivity index (χ1) is 7.77. The summed E-state index contributed by atoms with van der Waals surface area (Å²) in [6, 6.07) is 3.85. The fourth-order valence-corrected chi connectivity index (χ4v) is 3.07. The number of aliphatic hydroxyl groups excluding tert-OH is 1. The molecule has 1 aliphatic rings. The van der Waals surface area contributed by atoms with Gasteiger partial charge >= 0.3 is 0 Å². The molecule has 0 saturated heterocycles. The molecule has 1 aliphatic carbocycles. The van der Waals surface area contributed by atoms with Gasteiger partial charge < -0.3 is 10.8 Å². The molecule has 0 spiro atoms. The van der Waals surface area contributed by atoms with Crippen molar-refractivity contribution in [1.29, 1.82) is 0 Å². The molecule has 0 atom stereocenters. The highest BCUT2D eigenvalue weighted by Gasteiger charge is 2.16. The minimum atomic E-state index is 0.292. The van der Waals surface area contributed by atoms with Crippen molar-refractivity contribution in [2.24, 2.45) is 11.7 Å². The van der Waals surface area contributed by atoms with E-state index in [2.05, 4.69) is 0 Å². The van der Waals surface area contributed by atoms with Crippen LogP contribution in [0.3, 0.4) is 0 Å². The van der Waals surface area contributed by atoms with Crippen LogP contribution < -0.4 is 5.73 Å². The zero-order valence-electron chi connectivity index (χ0n) is 9.48. The lowest BCUT2D eigenvalue weighted by atomic mass is 9.86. The zero-order chi connectivity index (χ0) is 11.4. The van der Waals surface area contributed by atoms with Crippen LogP contribution in [0, 0.1) is 5.92 Å². The van der Waals surface area contributed by atoms with Crippen molar-refractivity contribution in [3.63, 3.8) is 0 Å². The zero-order valence-corrected chi connectivity index (χ0v) is 10.3. The summed E-state index contributed by atoms with van der Waals surface area (Å²) in [7, 11) is 0. The fraction of sp³-hybridized carbons (Fsp3) is 0.538. The average molecular weight is 237 g/mol. The maximum atomic E-state index is 9.97. The predicted molar refractivity (Wildman–Crippen MR) is 69.2 cm³/mol. The number of aliphatic hydroxyl groups is 1. The molecule has 88 valence electrons. The number of rotatable bonds is 3. The third-order valence-electron chi connectivity index (χ3n) is 3.29. The maximum absolute atomic E-state index is 9.97. The molecule has 2 nitrogen and oxygen atoms in total. The molecule has 0 radical (unpaired) electrons. The summed E-state index contributed by atoms with van der Waals surface area (Å²) in [5.74, 6) is 0.969. The molecule has 0 amide bonds. The summed E-state index contributed by atoms with van der Waals surface area (Å²) < 4.78 is 0. The van der Waals surface area contributed by atoms with E-state index in [9.17, 15) is 5.11 Å². The fourth-order valence-electron chi connectivity index (χ4n) is 2.37. The minimum Gasteiger partial charge on any atom is -0.505 e. The Kier molecular flexibility index (Phi) is 3.88. The summed E-state index contributed by atoms with van der Waals surface area (Å²) >= 11 is 1.53. The number of nitrogens with two attached hydrogens (primary N) is 1. The summed E-state index contributed by atoms with van der Waals surface area (Å²) in [5.41, 5.74) is 6.64. The molecule has 0 aliphatic heterocycles. The second kappa shape index (κ2) is 5.39. The Morgan fingerprint density at radius 2 is 2.12 bits per heavy atom. The summed E-state index contributed by atoms with van der Waals surface area (Å²) in [5, 5.41) is 11.9. The van der Waals surface area contributed by atoms with Gasteiger partial charge in [-0.1, -0.05) is 38.2 Å². The first-order valence-electron chi connectivity index (χ1n) is 5.99. The van der Waals surface area contributed by atoms with E-state index in [4.69, 9.17) is 5.73 Å². The molecular formula is C13H19NOS. The average Bonchev–Trinajstić information content (AvgIpc) is 2.83. The van der Waals surface area contributed by atoms with Gasteiger partial charge in [-0.25, -0.2) is 0 Å². The highest BCUT2D eigenvalue weighted by atomic mass is 32.1. The molecule has 0 bridgehead atoms. The van der Waals surface area contributed by atoms with Crippen LogP contribution in [0.15, 0.2) is 23.2 Å². The van der Waals surface area contributed by atoms with E-state index in [1.807, 2.05) is 17.5 Å². The number of hydrogen-bond acceptors (Lipinski definition) is 3. The second-order valence-electron chi connectivity index (χ2n) is 4.56. The van der Waals surface area contributed by atoms with E-state index in [1.54, 1.807) is 0 Å². The van der Waals surface area contributed by atoms with Gasteiger partial charge in [0.05, 0.1) is 10.6 Å². The summed E-state index contributed by atoms with van der Waals surface area (Å²) in [6.07, 6.45) is 7.37. The van der Waals surface area contributed by atoms with Crippen molar-refractivity contribution < 1.29 is 5.11 Å². The van der Waals surface area contributed by atoms with E-state index >= 15 is 0 Å². The Balaban J connectivity index is 2.00. The van der Waals surface area contributed by atoms with Gasteiger partial charge in [-0.3, -0.25) is 0 Å². The highest BCUT2D eigenvalue weighted by Crippen LogP contribution is 2.30. The quantitative estimate of drug-likeness (QED) is 0.783. The first kappa shape index (κ1) is 11.5. The lowest BCUT2D eigenvalue weighted by Crippen LogP contribution is -2.12. The monoisotopic (exact) mass is 237 g/mol. The normalized spacial score (nSPS) is 19.5. The first-order valence-corrected chi connectivity index (χ1v) is 6.87. The van der Waals surface area contributed by atoms with E-state index in [0.717, 1.165) is 11.3 Å². The third-order valence-corrected chi connectivity index (χ3v) is 4.17. The highest BCUT2D eigenvalue weighted by molar-refractivity contribution is 7.11. The molecule has 3 N–H and O–H groups in total. The SMILES string of the molecule is NC(CC1CCCCC1)=C(O)c1cccs1. The molecular weight excluding hydrogens is 218 g/mol. The van der Waals surface area contributed by atoms with Crippen molar-refractivity contribution in [2.45, 2.75) is 38.5 Å². The third kappa shape index (κ3) is 2.79. The Morgan fingerprint density at radius 1 is 1.38 bits per heavy atom. The van der Waals surface area contributed by atoms with E-state index in [0.29, 0.717) is 17.4 Å². The number of hydrogen-bond donors (Lipinski definition) is 2. The van der Waals surface area contributed by atoms with E-state index in [1.165, 1.54) is 43.4 Å². The number of allylic oxidation sites excluding steroid dienone is 1. The van der Waals surface area contributed by atoms with Crippen LogP contribution in [0.1, 0.15) is 43.4 Å². The van der Waals surface area contributed by atoms with Crippen molar-refractivity contribution in [3.05, 3.63) is 28.1 Å². The van der Waals surface area contributed by atoms with Crippen LogP contribution in [0.2, 0.25) is 0 Å². The van der Waals surface area contributed by atoms with Gasteiger partial charge in [0.2, 0.25) is 0 Å². The van der Waals surface area contributed by atoms with Crippen molar-refractivity contribution in [3.8, 4) is 0 Å². The van der Waals surface area contributed by atoms with Crippen LogP contribution in [0.4, 0.5) is 0 Å². The minimum absolute atomic E-state index is 0.292. The molecule has 0 unspecified atom stereocenters. The lowest BCUT2D eigenvalue weighted by molar-refractivity contribution is 0.352. The second-order valence-corrected chi connectivity index (χ2v) is 5.51. The van der Waals surface area contributed by atoms with Crippen molar-refractivity contribution >= 4 is 17.1 Å². The van der Waals surface area contributed by atoms with E-state index in [-0.39, 0.29) is 0 Å². The molecule has 3 heteroatoms. The maximum Gasteiger partial charge on any atom is 0.151 e. The number of thiophene rings is 1. The van der Waals surface area contributed by atoms with Gasteiger partial charge in [-0.05, 0) is 23.8 Å². The van der Waals surface area contributed by atoms with E-state index < -0.39 is 0 Å². The van der Waals surface area contributed by atoms with Crippen LogP contribution in [-0.4, -0.2) is 5.11 Å². The Labute approximate surface area is 101 Å². The van der Waals surface area contributed by atoms with Crippen molar-refractivity contribution in [2.75, 3.05) is 0 Å². The molecule has 1 saturated carbocycles. The van der Waals surface area contributed by atoms with Crippen molar-refractivity contribution in [1.82, 2.24) is 0 Å². The van der Waals surface area contributed by atoms with Crippen LogP contribution >= 0.6 is 11.3 Å². The lowest BCUT2D eigenvalue weighted by Gasteiger charge is -2.21.